The molecule has 9 heteroatoms. The van der Waals surface area contributed by atoms with Crippen LogP contribution in [0, 0.1) is 5.82 Å². The number of ether oxygens (including phenoxy) is 1. The minimum absolute atomic E-state index is 0.198. The molecule has 2 aromatic rings. The maximum absolute atomic E-state index is 14.1. The van der Waals surface area contributed by atoms with Gasteiger partial charge in [-0.15, -0.1) is 0 Å². The van der Waals surface area contributed by atoms with E-state index in [1.807, 2.05) is 0 Å². The first kappa shape index (κ1) is 21.5. The normalized spacial score (nSPS) is 20.0. The Kier molecular flexibility index (Phi) is 7.35. The Morgan fingerprint density at radius 1 is 0.903 bits per heavy atom. The third-order valence-corrected chi connectivity index (χ3v) is 5.86. The summed E-state index contributed by atoms with van der Waals surface area (Å²) in [6.45, 7) is 1.92. The molecule has 1 unspecified atom stereocenters. The first-order chi connectivity index (χ1) is 15.2. The quantitative estimate of drug-likeness (QED) is 0.490. The molecule has 0 amide bonds. The molecular weight excluding hydrogens is 397 g/mol. The smallest absolute Gasteiger partial charge is 0.233 e. The first-order valence-electron chi connectivity index (χ1n) is 11.3. The topological polar surface area (TPSA) is 96.0 Å². The number of hydrogen-bond acceptors (Lipinski definition) is 8. The summed E-state index contributed by atoms with van der Waals surface area (Å²) in [4.78, 5) is 13.7. The van der Waals surface area contributed by atoms with Gasteiger partial charge in [-0.2, -0.15) is 15.0 Å². The fraction of sp³-hybridized carbons (Fsp3) is 0.591. The van der Waals surface area contributed by atoms with Gasteiger partial charge in [0.25, 0.3) is 0 Å². The monoisotopic (exact) mass is 429 g/mol. The maximum Gasteiger partial charge on any atom is 0.233 e. The number of benzene rings is 1. The second kappa shape index (κ2) is 10.6. The third-order valence-electron chi connectivity index (χ3n) is 5.86. The minimum atomic E-state index is -0.440. The fourth-order valence-corrected chi connectivity index (χ4v) is 4.20. The van der Waals surface area contributed by atoms with Crippen LogP contribution in [0.4, 0.5) is 27.9 Å². The molecule has 1 aromatic heterocycles. The standard InChI is InChI=1S/C22H32FN7O/c1-31-19-11-10-16(13-18(19)23)26-21-28-20(25-15-7-4-2-3-5-8-15)29-22(30-21)27-17-9-6-12-24-14-17/h10-11,13,15,17,24H,2-9,12,14H2,1H3,(H3,25,26,27,28,29,30). The molecule has 0 spiro atoms. The zero-order valence-corrected chi connectivity index (χ0v) is 18.1. The van der Waals surface area contributed by atoms with E-state index in [9.17, 15) is 4.39 Å². The predicted octanol–water partition coefficient (Wildman–Crippen LogP) is 4.06. The van der Waals surface area contributed by atoms with Crippen molar-refractivity contribution >= 4 is 23.5 Å². The van der Waals surface area contributed by atoms with Crippen LogP contribution in [0.5, 0.6) is 5.75 Å². The lowest BCUT2D eigenvalue weighted by Gasteiger charge is -2.24. The van der Waals surface area contributed by atoms with Crippen molar-refractivity contribution in [3.05, 3.63) is 24.0 Å². The van der Waals surface area contributed by atoms with Gasteiger partial charge < -0.3 is 26.0 Å². The SMILES string of the molecule is COc1ccc(Nc2nc(NC3CCCCCC3)nc(NC3CCCNC3)n2)cc1F. The molecule has 8 nitrogen and oxygen atoms in total. The number of nitrogens with one attached hydrogen (secondary N) is 4. The van der Waals surface area contributed by atoms with Crippen LogP contribution in [-0.4, -0.2) is 47.2 Å². The Morgan fingerprint density at radius 2 is 1.58 bits per heavy atom. The molecule has 4 N–H and O–H groups in total. The highest BCUT2D eigenvalue weighted by Crippen LogP contribution is 2.24. The van der Waals surface area contributed by atoms with Gasteiger partial charge in [0.1, 0.15) is 0 Å². The molecule has 2 aliphatic rings. The fourth-order valence-electron chi connectivity index (χ4n) is 4.20. The van der Waals surface area contributed by atoms with Crippen LogP contribution in [0.2, 0.25) is 0 Å². The molecule has 2 fully saturated rings. The van der Waals surface area contributed by atoms with Gasteiger partial charge in [0, 0.05) is 30.4 Å². The zero-order valence-electron chi connectivity index (χ0n) is 18.1. The summed E-state index contributed by atoms with van der Waals surface area (Å²) >= 11 is 0. The molecule has 1 aromatic carbocycles. The zero-order chi connectivity index (χ0) is 21.5. The van der Waals surface area contributed by atoms with Crippen LogP contribution in [0.1, 0.15) is 51.4 Å². The molecule has 0 bridgehead atoms. The van der Waals surface area contributed by atoms with Gasteiger partial charge in [-0.1, -0.05) is 25.7 Å². The van der Waals surface area contributed by atoms with Gasteiger partial charge >= 0.3 is 0 Å². The van der Waals surface area contributed by atoms with E-state index < -0.39 is 5.82 Å². The molecule has 2 heterocycles. The Balaban J connectivity index is 1.54. The van der Waals surface area contributed by atoms with E-state index >= 15 is 0 Å². The van der Waals surface area contributed by atoms with Crippen molar-refractivity contribution in [1.29, 1.82) is 0 Å². The number of methoxy groups -OCH3 is 1. The molecule has 1 atom stereocenters. The molecule has 1 saturated carbocycles. The highest BCUT2D eigenvalue weighted by molar-refractivity contribution is 5.57. The summed E-state index contributed by atoms with van der Waals surface area (Å²) in [5.74, 6) is 1.21. The summed E-state index contributed by atoms with van der Waals surface area (Å²) in [5, 5.41) is 13.4. The first-order valence-corrected chi connectivity index (χ1v) is 11.3. The van der Waals surface area contributed by atoms with Gasteiger partial charge in [0.15, 0.2) is 11.6 Å². The average molecular weight is 430 g/mol. The molecule has 168 valence electrons. The Morgan fingerprint density at radius 3 is 2.23 bits per heavy atom. The van der Waals surface area contributed by atoms with Crippen LogP contribution < -0.4 is 26.0 Å². The van der Waals surface area contributed by atoms with Crippen molar-refractivity contribution in [1.82, 2.24) is 20.3 Å². The largest absolute Gasteiger partial charge is 0.494 e. The number of halogens is 1. The van der Waals surface area contributed by atoms with Crippen LogP contribution >= 0.6 is 0 Å². The van der Waals surface area contributed by atoms with E-state index in [1.165, 1.54) is 38.9 Å². The van der Waals surface area contributed by atoms with Crippen LogP contribution in [-0.2, 0) is 0 Å². The average Bonchev–Trinajstić information content (AvgIpc) is 3.03. The van der Waals surface area contributed by atoms with E-state index in [-0.39, 0.29) is 11.8 Å². The molecule has 1 aliphatic carbocycles. The van der Waals surface area contributed by atoms with E-state index in [0.29, 0.717) is 29.6 Å². The van der Waals surface area contributed by atoms with Crippen LogP contribution in [0.3, 0.4) is 0 Å². The van der Waals surface area contributed by atoms with Crippen molar-refractivity contribution in [2.24, 2.45) is 0 Å². The van der Waals surface area contributed by atoms with Crippen LogP contribution in [0.15, 0.2) is 18.2 Å². The van der Waals surface area contributed by atoms with Crippen molar-refractivity contribution < 1.29 is 9.13 Å². The van der Waals surface area contributed by atoms with E-state index in [2.05, 4.69) is 36.2 Å². The van der Waals surface area contributed by atoms with Gasteiger partial charge in [0.05, 0.1) is 7.11 Å². The van der Waals surface area contributed by atoms with Crippen molar-refractivity contribution in [2.75, 3.05) is 36.1 Å². The predicted molar refractivity (Wildman–Crippen MR) is 121 cm³/mol. The molecule has 4 rings (SSSR count). The highest BCUT2D eigenvalue weighted by atomic mass is 19.1. The summed E-state index contributed by atoms with van der Waals surface area (Å²) < 4.78 is 19.1. The molecule has 0 radical (unpaired) electrons. The van der Waals surface area contributed by atoms with Crippen LogP contribution in [0.25, 0.3) is 0 Å². The number of nitrogens with zero attached hydrogens (tertiary/aromatic N) is 3. The summed E-state index contributed by atoms with van der Waals surface area (Å²) in [6, 6.07) is 5.33. The molecule has 1 saturated heterocycles. The molecular formula is C22H32FN7O. The maximum atomic E-state index is 14.1. The summed E-state index contributed by atoms with van der Waals surface area (Å²) in [6.07, 6.45) is 9.43. The lowest BCUT2D eigenvalue weighted by Crippen LogP contribution is -2.39. The van der Waals surface area contributed by atoms with Gasteiger partial charge in [-0.25, -0.2) is 4.39 Å². The number of rotatable bonds is 7. The van der Waals surface area contributed by atoms with Gasteiger partial charge in [0.2, 0.25) is 17.8 Å². The second-order valence-corrected chi connectivity index (χ2v) is 8.30. The Bertz CT molecular complexity index is 852. The van der Waals surface area contributed by atoms with Crippen molar-refractivity contribution in [2.45, 2.75) is 63.5 Å². The number of anilines is 4. The van der Waals surface area contributed by atoms with E-state index in [1.54, 1.807) is 12.1 Å². The number of hydrogen-bond donors (Lipinski definition) is 4. The lowest BCUT2D eigenvalue weighted by molar-refractivity contribution is 0.386. The second-order valence-electron chi connectivity index (χ2n) is 8.30. The highest BCUT2D eigenvalue weighted by Gasteiger charge is 2.18. The number of piperidine rings is 1. The Hall–Kier alpha value is -2.68. The molecule has 31 heavy (non-hydrogen) atoms. The van der Waals surface area contributed by atoms with E-state index in [0.717, 1.165) is 38.8 Å². The van der Waals surface area contributed by atoms with Crippen molar-refractivity contribution in [3.8, 4) is 5.75 Å². The van der Waals surface area contributed by atoms with Crippen molar-refractivity contribution in [3.63, 3.8) is 0 Å². The Labute approximate surface area is 182 Å². The minimum Gasteiger partial charge on any atom is -0.494 e. The lowest BCUT2D eigenvalue weighted by atomic mass is 10.1. The molecule has 1 aliphatic heterocycles. The summed E-state index contributed by atoms with van der Waals surface area (Å²) in [7, 11) is 1.45. The number of aromatic nitrogens is 3. The summed E-state index contributed by atoms with van der Waals surface area (Å²) in [5.41, 5.74) is 0.551. The van der Waals surface area contributed by atoms with E-state index in [4.69, 9.17) is 4.74 Å². The van der Waals surface area contributed by atoms with Gasteiger partial charge in [-0.3, -0.25) is 0 Å². The third kappa shape index (κ3) is 6.16. The van der Waals surface area contributed by atoms with Gasteiger partial charge in [-0.05, 0) is 44.4 Å².